The molecule has 14 heavy (non-hydrogen) atoms. The summed E-state index contributed by atoms with van der Waals surface area (Å²) in [5.74, 6) is 0. The average Bonchev–Trinajstić information content (AvgIpc) is 2.65. The third-order valence-electron chi connectivity index (χ3n) is 2.12. The number of nitrogens with zero attached hydrogens (tertiary/aromatic N) is 2. The fourth-order valence-corrected chi connectivity index (χ4v) is 1.97. The Labute approximate surface area is 87.6 Å². The Morgan fingerprint density at radius 2 is 2.43 bits per heavy atom. The molecule has 0 aromatic carbocycles. The van der Waals surface area contributed by atoms with Crippen LogP contribution in [0.15, 0.2) is 12.1 Å². The van der Waals surface area contributed by atoms with Crippen LogP contribution in [0.3, 0.4) is 0 Å². The molecule has 1 aromatic rings. The number of thiophene rings is 1. The van der Waals surface area contributed by atoms with Crippen LogP contribution in [0.5, 0.6) is 0 Å². The Bertz CT molecular complexity index is 353. The fourth-order valence-electron chi connectivity index (χ4n) is 1.08. The average molecular weight is 208 g/mol. The second-order valence-electron chi connectivity index (χ2n) is 3.12. The number of carbonyl (C=O) groups is 1. The molecule has 0 radical (unpaired) electrons. The maximum Gasteiger partial charge on any atom is 0.160 e. The molecule has 1 rings (SSSR count). The van der Waals surface area contributed by atoms with Gasteiger partial charge in [0.2, 0.25) is 0 Å². The maximum absolute atomic E-state index is 10.5. The minimum atomic E-state index is 0.179. The van der Waals surface area contributed by atoms with Crippen molar-refractivity contribution in [3.8, 4) is 6.07 Å². The van der Waals surface area contributed by atoms with Crippen LogP contribution in [0, 0.1) is 11.3 Å². The van der Waals surface area contributed by atoms with E-state index in [0.29, 0.717) is 6.42 Å². The van der Waals surface area contributed by atoms with Crippen molar-refractivity contribution < 1.29 is 4.79 Å². The van der Waals surface area contributed by atoms with Crippen LogP contribution in [-0.4, -0.2) is 19.4 Å². The quantitative estimate of drug-likeness (QED) is 0.713. The molecule has 1 heterocycles. The molecule has 0 aliphatic rings. The van der Waals surface area contributed by atoms with Gasteiger partial charge in [0.1, 0.15) is 0 Å². The summed E-state index contributed by atoms with van der Waals surface area (Å²) in [6, 6.07) is 6.01. The van der Waals surface area contributed by atoms with Crippen LogP contribution < -0.4 is 4.90 Å². The van der Waals surface area contributed by atoms with Gasteiger partial charge in [-0.25, -0.2) is 0 Å². The Balaban J connectivity index is 2.73. The van der Waals surface area contributed by atoms with Crippen molar-refractivity contribution in [1.29, 1.82) is 5.26 Å². The molecule has 0 aliphatic heterocycles. The highest BCUT2D eigenvalue weighted by atomic mass is 32.1. The van der Waals surface area contributed by atoms with Crippen molar-refractivity contribution in [3.63, 3.8) is 0 Å². The molecule has 0 saturated heterocycles. The van der Waals surface area contributed by atoms with Crippen LogP contribution in [-0.2, 0) is 0 Å². The van der Waals surface area contributed by atoms with Crippen molar-refractivity contribution in [2.24, 2.45) is 0 Å². The monoisotopic (exact) mass is 208 g/mol. The van der Waals surface area contributed by atoms with E-state index in [-0.39, 0.29) is 6.04 Å². The number of carbonyl (C=O) groups excluding carboxylic acids is 1. The molecule has 0 bridgehead atoms. The molecule has 1 aromatic heterocycles. The Kier molecular flexibility index (Phi) is 3.66. The first kappa shape index (κ1) is 10.7. The van der Waals surface area contributed by atoms with Crippen LogP contribution in [0.4, 0.5) is 5.00 Å². The van der Waals surface area contributed by atoms with E-state index in [1.54, 1.807) is 6.07 Å². The van der Waals surface area contributed by atoms with Crippen LogP contribution >= 0.6 is 11.3 Å². The second-order valence-corrected chi connectivity index (χ2v) is 4.21. The number of rotatable bonds is 4. The first-order chi connectivity index (χ1) is 6.69. The van der Waals surface area contributed by atoms with Gasteiger partial charge in [-0.15, -0.1) is 11.3 Å². The standard InChI is InChI=1S/C10H12N2OS/c1-8(5-6-11)12(2)10-4-3-9(7-13)14-10/h3-4,7-8H,5H2,1-2H3. The largest absolute Gasteiger partial charge is 0.363 e. The first-order valence-electron chi connectivity index (χ1n) is 4.34. The highest BCUT2D eigenvalue weighted by Gasteiger charge is 2.11. The summed E-state index contributed by atoms with van der Waals surface area (Å²) >= 11 is 1.44. The summed E-state index contributed by atoms with van der Waals surface area (Å²) in [6.45, 7) is 1.99. The molecule has 74 valence electrons. The van der Waals surface area contributed by atoms with E-state index in [0.717, 1.165) is 16.2 Å². The molecule has 0 N–H and O–H groups in total. The molecule has 1 atom stereocenters. The van der Waals surface area contributed by atoms with E-state index in [4.69, 9.17) is 5.26 Å². The zero-order valence-electron chi connectivity index (χ0n) is 8.23. The van der Waals surface area contributed by atoms with Gasteiger partial charge >= 0.3 is 0 Å². The van der Waals surface area contributed by atoms with Gasteiger partial charge in [-0.2, -0.15) is 5.26 Å². The molecule has 0 saturated carbocycles. The zero-order valence-corrected chi connectivity index (χ0v) is 9.04. The number of aldehydes is 1. The van der Waals surface area contributed by atoms with E-state index in [9.17, 15) is 4.79 Å². The van der Waals surface area contributed by atoms with Crippen molar-refractivity contribution in [3.05, 3.63) is 17.0 Å². The second kappa shape index (κ2) is 4.77. The van der Waals surface area contributed by atoms with Crippen LogP contribution in [0.2, 0.25) is 0 Å². The Morgan fingerprint density at radius 1 is 1.71 bits per heavy atom. The van der Waals surface area contributed by atoms with E-state index in [1.807, 2.05) is 24.9 Å². The van der Waals surface area contributed by atoms with Crippen molar-refractivity contribution in [1.82, 2.24) is 0 Å². The summed E-state index contributed by atoms with van der Waals surface area (Å²) in [5, 5.41) is 9.58. The third-order valence-corrected chi connectivity index (χ3v) is 3.23. The predicted octanol–water partition coefficient (Wildman–Crippen LogP) is 2.30. The lowest BCUT2D eigenvalue weighted by Gasteiger charge is -2.22. The highest BCUT2D eigenvalue weighted by molar-refractivity contribution is 7.17. The molecule has 0 amide bonds. The maximum atomic E-state index is 10.5. The van der Waals surface area contributed by atoms with Gasteiger partial charge in [0.15, 0.2) is 6.29 Å². The van der Waals surface area contributed by atoms with Gasteiger partial charge in [-0.1, -0.05) is 0 Å². The van der Waals surface area contributed by atoms with Crippen molar-refractivity contribution in [2.45, 2.75) is 19.4 Å². The Morgan fingerprint density at radius 3 is 2.93 bits per heavy atom. The minimum Gasteiger partial charge on any atom is -0.363 e. The summed E-state index contributed by atoms with van der Waals surface area (Å²) in [6.07, 6.45) is 1.34. The number of hydrogen-bond acceptors (Lipinski definition) is 4. The topological polar surface area (TPSA) is 44.1 Å². The number of anilines is 1. The normalized spacial score (nSPS) is 11.8. The van der Waals surface area contributed by atoms with Gasteiger partial charge in [0, 0.05) is 13.1 Å². The van der Waals surface area contributed by atoms with Crippen molar-refractivity contribution >= 4 is 22.6 Å². The van der Waals surface area contributed by atoms with Gasteiger partial charge in [-0.05, 0) is 19.1 Å². The first-order valence-corrected chi connectivity index (χ1v) is 5.15. The van der Waals surface area contributed by atoms with Gasteiger partial charge in [0.05, 0.1) is 22.4 Å². The highest BCUT2D eigenvalue weighted by Crippen LogP contribution is 2.25. The Hall–Kier alpha value is -1.34. The summed E-state index contributed by atoms with van der Waals surface area (Å²) < 4.78 is 0. The summed E-state index contributed by atoms with van der Waals surface area (Å²) in [5.41, 5.74) is 0. The lowest BCUT2D eigenvalue weighted by Crippen LogP contribution is -2.27. The number of nitriles is 1. The molecule has 4 heteroatoms. The molecule has 0 aliphatic carbocycles. The van der Waals surface area contributed by atoms with Gasteiger partial charge < -0.3 is 4.90 Å². The van der Waals surface area contributed by atoms with Crippen molar-refractivity contribution in [2.75, 3.05) is 11.9 Å². The van der Waals surface area contributed by atoms with Gasteiger partial charge in [-0.3, -0.25) is 4.79 Å². The SMILES string of the molecule is CC(CC#N)N(C)c1ccc(C=O)s1. The summed E-state index contributed by atoms with van der Waals surface area (Å²) in [7, 11) is 1.93. The number of hydrogen-bond donors (Lipinski definition) is 0. The van der Waals surface area contributed by atoms with E-state index >= 15 is 0 Å². The van der Waals surface area contributed by atoms with E-state index in [2.05, 4.69) is 6.07 Å². The lowest BCUT2D eigenvalue weighted by atomic mass is 10.2. The molecule has 1 unspecified atom stereocenters. The van der Waals surface area contributed by atoms with Gasteiger partial charge in [0.25, 0.3) is 0 Å². The third kappa shape index (κ3) is 2.33. The molecule has 0 fully saturated rings. The van der Waals surface area contributed by atoms with Crippen LogP contribution in [0.25, 0.3) is 0 Å². The summed E-state index contributed by atoms with van der Waals surface area (Å²) in [4.78, 5) is 13.2. The fraction of sp³-hybridized carbons (Fsp3) is 0.400. The predicted molar refractivity (Wildman–Crippen MR) is 57.8 cm³/mol. The molecule has 0 spiro atoms. The smallest absolute Gasteiger partial charge is 0.160 e. The minimum absolute atomic E-state index is 0.179. The molecular formula is C10H12N2OS. The van der Waals surface area contributed by atoms with E-state index < -0.39 is 0 Å². The van der Waals surface area contributed by atoms with Crippen LogP contribution in [0.1, 0.15) is 23.0 Å². The molecular weight excluding hydrogens is 196 g/mol. The van der Waals surface area contributed by atoms with E-state index in [1.165, 1.54) is 11.3 Å². The lowest BCUT2D eigenvalue weighted by molar-refractivity contribution is 0.112. The molecule has 3 nitrogen and oxygen atoms in total. The zero-order chi connectivity index (χ0) is 10.6.